The lowest BCUT2D eigenvalue weighted by atomic mass is 9.86. The van der Waals surface area contributed by atoms with E-state index >= 15 is 0 Å². The Morgan fingerprint density at radius 1 is 1.53 bits per heavy atom. The van der Waals surface area contributed by atoms with E-state index in [0.29, 0.717) is 13.0 Å². The number of carbonyl (C=O) groups excluding carboxylic acids is 2. The molecular formula is C12H14N2O2S. The molecule has 2 saturated heterocycles. The Bertz CT molecular complexity index is 457. The molecule has 5 heteroatoms. The van der Waals surface area contributed by atoms with E-state index in [2.05, 4.69) is 5.32 Å². The van der Waals surface area contributed by atoms with Crippen molar-refractivity contribution in [1.82, 2.24) is 10.2 Å². The Hall–Kier alpha value is -1.36. The fourth-order valence-corrected chi connectivity index (χ4v) is 3.40. The van der Waals surface area contributed by atoms with Gasteiger partial charge in [-0.2, -0.15) is 0 Å². The van der Waals surface area contributed by atoms with Gasteiger partial charge in [-0.1, -0.05) is 6.07 Å². The third-order valence-electron chi connectivity index (χ3n) is 3.65. The molecule has 4 nitrogen and oxygen atoms in total. The number of carbonyl (C=O) groups is 2. The van der Waals surface area contributed by atoms with Crippen LogP contribution >= 0.6 is 11.3 Å². The van der Waals surface area contributed by atoms with Crippen LogP contribution < -0.4 is 5.32 Å². The SMILES string of the molecule is O=C1CC2(CCN(C(=O)c3cccs3)C2)CN1. The second-order valence-corrected chi connectivity index (χ2v) is 5.86. The second kappa shape index (κ2) is 3.84. The van der Waals surface area contributed by atoms with E-state index < -0.39 is 0 Å². The Morgan fingerprint density at radius 3 is 3.06 bits per heavy atom. The zero-order chi connectivity index (χ0) is 11.9. The molecule has 1 N–H and O–H groups in total. The summed E-state index contributed by atoms with van der Waals surface area (Å²) in [5.74, 6) is 0.228. The smallest absolute Gasteiger partial charge is 0.263 e. The van der Waals surface area contributed by atoms with Gasteiger partial charge in [-0.15, -0.1) is 11.3 Å². The Morgan fingerprint density at radius 2 is 2.41 bits per heavy atom. The molecule has 0 saturated carbocycles. The number of thiophene rings is 1. The van der Waals surface area contributed by atoms with Gasteiger partial charge in [0.1, 0.15) is 0 Å². The van der Waals surface area contributed by atoms with Gasteiger partial charge in [-0.25, -0.2) is 0 Å². The van der Waals surface area contributed by atoms with Crippen LogP contribution in [-0.4, -0.2) is 36.3 Å². The topological polar surface area (TPSA) is 49.4 Å². The highest BCUT2D eigenvalue weighted by atomic mass is 32.1. The van der Waals surface area contributed by atoms with Crippen molar-refractivity contribution in [2.24, 2.45) is 5.41 Å². The molecule has 1 atom stereocenters. The van der Waals surface area contributed by atoms with Gasteiger partial charge < -0.3 is 10.2 Å². The van der Waals surface area contributed by atoms with Crippen molar-refractivity contribution in [2.45, 2.75) is 12.8 Å². The molecule has 1 unspecified atom stereocenters. The number of hydrogen-bond acceptors (Lipinski definition) is 3. The van der Waals surface area contributed by atoms with Crippen LogP contribution in [0.25, 0.3) is 0 Å². The molecule has 1 aromatic heterocycles. The Kier molecular flexibility index (Phi) is 2.43. The number of nitrogens with one attached hydrogen (secondary N) is 1. The largest absolute Gasteiger partial charge is 0.355 e. The number of hydrogen-bond donors (Lipinski definition) is 1. The summed E-state index contributed by atoms with van der Waals surface area (Å²) >= 11 is 1.48. The lowest BCUT2D eigenvalue weighted by molar-refractivity contribution is -0.119. The first-order valence-corrected chi connectivity index (χ1v) is 6.66. The normalized spacial score (nSPS) is 27.8. The summed E-state index contributed by atoms with van der Waals surface area (Å²) in [6, 6.07) is 3.75. The Labute approximate surface area is 104 Å². The van der Waals surface area contributed by atoms with E-state index in [-0.39, 0.29) is 17.2 Å². The van der Waals surface area contributed by atoms with Crippen LogP contribution in [0.3, 0.4) is 0 Å². The van der Waals surface area contributed by atoms with Crippen molar-refractivity contribution in [3.8, 4) is 0 Å². The fourth-order valence-electron chi connectivity index (χ4n) is 2.70. The average molecular weight is 250 g/mol. The number of likely N-dealkylation sites (tertiary alicyclic amines) is 1. The minimum atomic E-state index is 0.00397. The zero-order valence-electron chi connectivity index (χ0n) is 9.44. The molecule has 1 aromatic rings. The monoisotopic (exact) mass is 250 g/mol. The van der Waals surface area contributed by atoms with E-state index in [0.717, 1.165) is 24.4 Å². The van der Waals surface area contributed by atoms with Crippen molar-refractivity contribution < 1.29 is 9.59 Å². The van der Waals surface area contributed by atoms with Crippen LogP contribution in [0.5, 0.6) is 0 Å². The molecule has 17 heavy (non-hydrogen) atoms. The molecule has 2 aliphatic rings. The van der Waals surface area contributed by atoms with Crippen molar-refractivity contribution >= 4 is 23.2 Å². The van der Waals surface area contributed by atoms with Crippen LogP contribution in [-0.2, 0) is 4.79 Å². The van der Waals surface area contributed by atoms with Gasteiger partial charge in [0.15, 0.2) is 0 Å². The molecular weight excluding hydrogens is 236 g/mol. The van der Waals surface area contributed by atoms with Gasteiger partial charge in [-0.05, 0) is 17.9 Å². The van der Waals surface area contributed by atoms with Crippen molar-refractivity contribution in [3.05, 3.63) is 22.4 Å². The molecule has 2 aliphatic heterocycles. The summed E-state index contributed by atoms with van der Waals surface area (Å²) < 4.78 is 0. The lowest BCUT2D eigenvalue weighted by Gasteiger charge is -2.21. The number of rotatable bonds is 1. The standard InChI is InChI=1S/C12H14N2O2S/c15-10-6-12(7-13-10)3-4-14(8-12)11(16)9-2-1-5-17-9/h1-2,5H,3-4,6-8H2,(H,13,15). The summed E-state index contributed by atoms with van der Waals surface area (Å²) in [5, 5.41) is 4.79. The molecule has 3 rings (SSSR count). The average Bonchev–Trinajstić information content (AvgIpc) is 3.02. The first-order valence-electron chi connectivity index (χ1n) is 5.78. The van der Waals surface area contributed by atoms with E-state index in [1.165, 1.54) is 11.3 Å². The maximum absolute atomic E-state index is 12.2. The minimum Gasteiger partial charge on any atom is -0.355 e. The van der Waals surface area contributed by atoms with Crippen molar-refractivity contribution in [2.75, 3.05) is 19.6 Å². The maximum Gasteiger partial charge on any atom is 0.263 e. The van der Waals surface area contributed by atoms with Crippen molar-refractivity contribution in [1.29, 1.82) is 0 Å². The molecule has 3 heterocycles. The first-order chi connectivity index (χ1) is 8.19. The van der Waals surface area contributed by atoms with E-state index in [9.17, 15) is 9.59 Å². The van der Waals surface area contributed by atoms with Crippen LogP contribution in [0, 0.1) is 5.41 Å². The third-order valence-corrected chi connectivity index (χ3v) is 4.51. The third kappa shape index (κ3) is 1.84. The molecule has 0 bridgehead atoms. The molecule has 2 amide bonds. The van der Waals surface area contributed by atoms with Crippen LogP contribution in [0.15, 0.2) is 17.5 Å². The van der Waals surface area contributed by atoms with Gasteiger partial charge >= 0.3 is 0 Å². The Balaban J connectivity index is 1.72. The maximum atomic E-state index is 12.2. The predicted octanol–water partition coefficient (Wildman–Crippen LogP) is 1.10. The molecule has 90 valence electrons. The summed E-state index contributed by atoms with van der Waals surface area (Å²) in [5.41, 5.74) is 0.00397. The summed E-state index contributed by atoms with van der Waals surface area (Å²) in [6.45, 7) is 2.20. The van der Waals surface area contributed by atoms with Gasteiger partial charge in [0.25, 0.3) is 5.91 Å². The highest BCUT2D eigenvalue weighted by Gasteiger charge is 2.45. The van der Waals surface area contributed by atoms with E-state index in [1.54, 1.807) is 0 Å². The molecule has 0 aromatic carbocycles. The quantitative estimate of drug-likeness (QED) is 0.811. The van der Waals surface area contributed by atoms with Crippen LogP contribution in [0.2, 0.25) is 0 Å². The zero-order valence-corrected chi connectivity index (χ0v) is 10.3. The summed E-state index contributed by atoms with van der Waals surface area (Å²) in [7, 11) is 0. The summed E-state index contributed by atoms with van der Waals surface area (Å²) in [4.78, 5) is 26.1. The van der Waals surface area contributed by atoms with Gasteiger partial charge in [0.2, 0.25) is 5.91 Å². The number of nitrogens with zero attached hydrogens (tertiary/aromatic N) is 1. The highest BCUT2D eigenvalue weighted by molar-refractivity contribution is 7.12. The number of amides is 2. The summed E-state index contributed by atoms with van der Waals surface area (Å²) in [6.07, 6.45) is 1.50. The molecule has 1 spiro atoms. The van der Waals surface area contributed by atoms with Crippen LogP contribution in [0.4, 0.5) is 0 Å². The highest BCUT2D eigenvalue weighted by Crippen LogP contribution is 2.37. The predicted molar refractivity (Wildman–Crippen MR) is 64.9 cm³/mol. The molecule has 0 aliphatic carbocycles. The van der Waals surface area contributed by atoms with E-state index in [1.807, 2.05) is 22.4 Å². The van der Waals surface area contributed by atoms with Gasteiger partial charge in [0, 0.05) is 31.5 Å². The first kappa shape index (κ1) is 10.8. The van der Waals surface area contributed by atoms with Gasteiger partial charge in [-0.3, -0.25) is 9.59 Å². The minimum absolute atomic E-state index is 0.00397. The molecule has 2 fully saturated rings. The fraction of sp³-hybridized carbons (Fsp3) is 0.500. The van der Waals surface area contributed by atoms with Crippen molar-refractivity contribution in [3.63, 3.8) is 0 Å². The second-order valence-electron chi connectivity index (χ2n) is 4.91. The molecule has 0 radical (unpaired) electrons. The lowest BCUT2D eigenvalue weighted by Crippen LogP contribution is -2.32. The van der Waals surface area contributed by atoms with E-state index in [4.69, 9.17) is 0 Å². The van der Waals surface area contributed by atoms with Gasteiger partial charge in [0.05, 0.1) is 4.88 Å². The van der Waals surface area contributed by atoms with Crippen LogP contribution in [0.1, 0.15) is 22.5 Å².